The molecule has 1 saturated carbocycles. The van der Waals surface area contributed by atoms with Gasteiger partial charge in [0.2, 0.25) is 0 Å². The molecule has 152 valence electrons. The third kappa shape index (κ3) is 6.66. The van der Waals surface area contributed by atoms with E-state index in [-0.39, 0.29) is 5.92 Å². The van der Waals surface area contributed by atoms with Gasteiger partial charge in [-0.1, -0.05) is 25.8 Å². The summed E-state index contributed by atoms with van der Waals surface area (Å²) in [6.07, 6.45) is 3.96. The number of benzene rings is 1. The minimum Gasteiger partial charge on any atom is -0.429 e. The lowest BCUT2D eigenvalue weighted by Crippen LogP contribution is -2.22. The summed E-state index contributed by atoms with van der Waals surface area (Å²) in [7, 11) is 0. The van der Waals surface area contributed by atoms with E-state index >= 15 is 0 Å². The highest BCUT2D eigenvalue weighted by atomic mass is 19.3. The van der Waals surface area contributed by atoms with Gasteiger partial charge in [-0.25, -0.2) is 8.78 Å². The van der Waals surface area contributed by atoms with Gasteiger partial charge in [-0.3, -0.25) is 0 Å². The van der Waals surface area contributed by atoms with Crippen molar-refractivity contribution in [3.8, 4) is 11.5 Å². The van der Waals surface area contributed by atoms with E-state index < -0.39 is 35.9 Å². The summed E-state index contributed by atoms with van der Waals surface area (Å²) in [6.45, 7) is -1.33. The third-order valence-electron chi connectivity index (χ3n) is 4.58. The van der Waals surface area contributed by atoms with Gasteiger partial charge in [-0.2, -0.15) is 17.6 Å². The summed E-state index contributed by atoms with van der Waals surface area (Å²) in [4.78, 5) is 0. The summed E-state index contributed by atoms with van der Waals surface area (Å²) in [6, 6.07) is 0.747. The number of hydrogen-bond donors (Lipinski definition) is 0. The smallest absolute Gasteiger partial charge is 0.419 e. The monoisotopic (exact) mass is 396 g/mol. The molecule has 0 heterocycles. The fourth-order valence-corrected chi connectivity index (χ4v) is 3.31. The molecule has 0 unspecified atom stereocenters. The first-order valence-electron chi connectivity index (χ1n) is 8.90. The lowest BCUT2D eigenvalue weighted by Gasteiger charge is -2.26. The molecule has 1 aliphatic rings. The van der Waals surface area contributed by atoms with Crippen LogP contribution in [0.1, 0.15) is 45.4 Å². The molecule has 0 radical (unpaired) electrons. The highest BCUT2D eigenvalue weighted by Crippen LogP contribution is 2.34. The zero-order valence-corrected chi connectivity index (χ0v) is 14.9. The summed E-state index contributed by atoms with van der Waals surface area (Å²) in [5, 5.41) is 0. The number of alkyl halides is 4. The Hall–Kier alpha value is -1.86. The van der Waals surface area contributed by atoms with Gasteiger partial charge >= 0.3 is 12.7 Å². The Balaban J connectivity index is 1.97. The first-order valence-corrected chi connectivity index (χ1v) is 8.90. The van der Waals surface area contributed by atoms with E-state index in [0.717, 1.165) is 38.5 Å². The van der Waals surface area contributed by atoms with Crippen LogP contribution in [0.3, 0.4) is 0 Å². The molecule has 27 heavy (non-hydrogen) atoms. The topological polar surface area (TPSA) is 18.5 Å². The Morgan fingerprint density at radius 1 is 1.11 bits per heavy atom. The Morgan fingerprint density at radius 3 is 2.22 bits per heavy atom. The fourth-order valence-electron chi connectivity index (χ4n) is 3.31. The highest BCUT2D eigenvalue weighted by molar-refractivity contribution is 5.35. The second-order valence-electron chi connectivity index (χ2n) is 6.69. The van der Waals surface area contributed by atoms with E-state index in [4.69, 9.17) is 0 Å². The molecule has 0 atom stereocenters. The molecule has 0 N–H and O–H groups in total. The van der Waals surface area contributed by atoms with E-state index in [1.807, 2.05) is 0 Å². The van der Waals surface area contributed by atoms with Crippen molar-refractivity contribution >= 4 is 0 Å². The molecule has 0 saturated heterocycles. The molecule has 1 aliphatic carbocycles. The minimum absolute atomic E-state index is 0.00266. The van der Waals surface area contributed by atoms with Crippen LogP contribution < -0.4 is 9.47 Å². The van der Waals surface area contributed by atoms with Gasteiger partial charge in [-0.05, 0) is 37.5 Å². The number of hydrogen-bond acceptors (Lipinski definition) is 2. The Kier molecular flexibility index (Phi) is 7.44. The summed E-state index contributed by atoms with van der Waals surface area (Å²) < 4.78 is 87.2. The standard InChI is InChI=1S/C19H22F6O2/c1-2-3-12-4-6-13(7-5-12)8-9-19(24,25)27-14-10-15(20)17(16(21)11-14)26-18(22)23/h8-13,18H,2-7H2,1H3/b9-8+. The molecular formula is C19H22F6O2. The molecular weight excluding hydrogens is 374 g/mol. The average Bonchev–Trinajstić information content (AvgIpc) is 2.57. The van der Waals surface area contributed by atoms with E-state index in [1.165, 1.54) is 6.08 Å². The van der Waals surface area contributed by atoms with Gasteiger partial charge in [0.05, 0.1) is 0 Å². The first-order chi connectivity index (χ1) is 12.7. The van der Waals surface area contributed by atoms with Crippen molar-refractivity contribution in [2.45, 2.75) is 58.2 Å². The first kappa shape index (κ1) is 21.4. The van der Waals surface area contributed by atoms with Crippen LogP contribution in [0.25, 0.3) is 0 Å². The zero-order chi connectivity index (χ0) is 20.0. The number of rotatable bonds is 8. The van der Waals surface area contributed by atoms with Crippen LogP contribution in [-0.2, 0) is 0 Å². The molecule has 1 aromatic carbocycles. The highest BCUT2D eigenvalue weighted by Gasteiger charge is 2.30. The molecule has 0 amide bonds. The molecule has 1 fully saturated rings. The Bertz CT molecular complexity index is 616. The van der Waals surface area contributed by atoms with Gasteiger partial charge in [-0.15, -0.1) is 0 Å². The molecule has 2 rings (SSSR count). The lowest BCUT2D eigenvalue weighted by atomic mass is 9.80. The zero-order valence-electron chi connectivity index (χ0n) is 14.9. The van der Waals surface area contributed by atoms with Gasteiger partial charge < -0.3 is 9.47 Å². The van der Waals surface area contributed by atoms with Crippen LogP contribution in [0.2, 0.25) is 0 Å². The second kappa shape index (κ2) is 9.37. The predicted octanol–water partition coefficient (Wildman–Crippen LogP) is 6.70. The molecule has 0 aromatic heterocycles. The average molecular weight is 396 g/mol. The SMILES string of the molecule is CCCC1CCC(/C=C/C(F)(F)Oc2cc(F)c(OC(F)F)c(F)c2)CC1. The summed E-state index contributed by atoms with van der Waals surface area (Å²) in [5.74, 6) is -4.65. The van der Waals surface area contributed by atoms with Crippen molar-refractivity contribution in [1.29, 1.82) is 0 Å². The Labute approximate surface area is 154 Å². The van der Waals surface area contributed by atoms with E-state index in [1.54, 1.807) is 0 Å². The van der Waals surface area contributed by atoms with Crippen molar-refractivity contribution in [3.05, 3.63) is 35.9 Å². The van der Waals surface area contributed by atoms with Crippen LogP contribution >= 0.6 is 0 Å². The normalized spacial score (nSPS) is 21.0. The summed E-state index contributed by atoms with van der Waals surface area (Å²) >= 11 is 0. The predicted molar refractivity (Wildman–Crippen MR) is 88.1 cm³/mol. The maximum Gasteiger partial charge on any atom is 0.419 e. The van der Waals surface area contributed by atoms with Crippen molar-refractivity contribution < 1.29 is 35.8 Å². The largest absolute Gasteiger partial charge is 0.429 e. The van der Waals surface area contributed by atoms with E-state index in [9.17, 15) is 26.3 Å². The van der Waals surface area contributed by atoms with E-state index in [2.05, 4.69) is 16.4 Å². The van der Waals surface area contributed by atoms with Gasteiger partial charge in [0.15, 0.2) is 17.4 Å². The summed E-state index contributed by atoms with van der Waals surface area (Å²) in [5.41, 5.74) is 0. The quantitative estimate of drug-likeness (QED) is 0.360. The van der Waals surface area contributed by atoms with Crippen molar-refractivity contribution in [1.82, 2.24) is 0 Å². The molecule has 1 aromatic rings. The molecule has 8 heteroatoms. The van der Waals surface area contributed by atoms with Crippen LogP contribution in [0.4, 0.5) is 26.3 Å². The third-order valence-corrected chi connectivity index (χ3v) is 4.58. The molecule has 0 spiro atoms. The van der Waals surface area contributed by atoms with Crippen molar-refractivity contribution in [2.75, 3.05) is 0 Å². The Morgan fingerprint density at radius 2 is 1.70 bits per heavy atom. The fraction of sp³-hybridized carbons (Fsp3) is 0.579. The maximum absolute atomic E-state index is 13.9. The number of halogens is 6. The van der Waals surface area contributed by atoms with E-state index in [0.29, 0.717) is 24.1 Å². The molecule has 0 bridgehead atoms. The van der Waals surface area contributed by atoms with Crippen LogP contribution in [0.15, 0.2) is 24.3 Å². The minimum atomic E-state index is -3.79. The maximum atomic E-state index is 13.9. The second-order valence-corrected chi connectivity index (χ2v) is 6.69. The lowest BCUT2D eigenvalue weighted by molar-refractivity contribution is -0.132. The van der Waals surface area contributed by atoms with Crippen LogP contribution in [-0.4, -0.2) is 12.7 Å². The number of allylic oxidation sites excluding steroid dienone is 1. The van der Waals surface area contributed by atoms with Gasteiger partial charge in [0.1, 0.15) is 5.75 Å². The van der Waals surface area contributed by atoms with Gasteiger partial charge in [0.25, 0.3) is 0 Å². The molecule has 0 aliphatic heterocycles. The van der Waals surface area contributed by atoms with Crippen LogP contribution in [0.5, 0.6) is 11.5 Å². The molecule has 2 nitrogen and oxygen atoms in total. The van der Waals surface area contributed by atoms with Crippen LogP contribution in [0, 0.1) is 23.5 Å². The van der Waals surface area contributed by atoms with Gasteiger partial charge in [0, 0.05) is 18.2 Å². The van der Waals surface area contributed by atoms with Crippen molar-refractivity contribution in [2.24, 2.45) is 11.8 Å². The number of ether oxygens (including phenoxy) is 2. The van der Waals surface area contributed by atoms with Crippen molar-refractivity contribution in [3.63, 3.8) is 0 Å².